The summed E-state index contributed by atoms with van der Waals surface area (Å²) in [4.78, 5) is 25.3. The molecule has 0 spiro atoms. The van der Waals surface area contributed by atoms with Crippen LogP contribution in [-0.4, -0.2) is 58.5 Å². The van der Waals surface area contributed by atoms with E-state index in [1.54, 1.807) is 30.3 Å². The lowest BCUT2D eigenvalue weighted by Crippen LogP contribution is -2.47. The first kappa shape index (κ1) is 31.3. The number of hydrogen-bond donors (Lipinski definition) is 3. The summed E-state index contributed by atoms with van der Waals surface area (Å²) in [5.74, 6) is -1.64. The topological polar surface area (TPSA) is 98.6 Å². The van der Waals surface area contributed by atoms with Crippen LogP contribution < -0.4 is 20.9 Å². The number of likely N-dealkylation sites (tertiary alicyclic amines) is 1. The van der Waals surface area contributed by atoms with Gasteiger partial charge < -0.3 is 25.3 Å². The molecule has 0 aliphatic carbocycles. The molecule has 2 fully saturated rings. The van der Waals surface area contributed by atoms with Gasteiger partial charge in [0.15, 0.2) is 5.69 Å². The van der Waals surface area contributed by atoms with E-state index in [1.807, 2.05) is 30.3 Å². The molecule has 6 rings (SSSR count). The van der Waals surface area contributed by atoms with Crippen molar-refractivity contribution in [2.24, 2.45) is 0 Å². The fourth-order valence-corrected chi connectivity index (χ4v) is 5.92. The van der Waals surface area contributed by atoms with Crippen molar-refractivity contribution < 1.29 is 26.8 Å². The van der Waals surface area contributed by atoms with Crippen molar-refractivity contribution in [2.75, 3.05) is 47.0 Å². The molecule has 1 atom stereocenters. The molecule has 9 nitrogen and oxygen atoms in total. The summed E-state index contributed by atoms with van der Waals surface area (Å²) < 4.78 is 61.1. The number of hydrogen-bond acceptors (Lipinski definition) is 8. The third-order valence-corrected chi connectivity index (χ3v) is 8.46. The van der Waals surface area contributed by atoms with Crippen molar-refractivity contribution in [3.05, 3.63) is 95.8 Å². The van der Waals surface area contributed by atoms with Crippen LogP contribution >= 0.6 is 0 Å². The van der Waals surface area contributed by atoms with Crippen LogP contribution in [0.5, 0.6) is 0 Å². The van der Waals surface area contributed by atoms with Gasteiger partial charge in [-0.3, -0.25) is 9.69 Å². The fourth-order valence-electron chi connectivity index (χ4n) is 5.92. The molecule has 13 heteroatoms. The number of carbonyl (C=O) groups excluding carboxylic acids is 1. The van der Waals surface area contributed by atoms with Crippen LogP contribution in [0.2, 0.25) is 0 Å². The molecule has 2 aromatic carbocycles. The maximum atomic E-state index is 14.1. The highest BCUT2D eigenvalue weighted by atomic mass is 19.4. The number of nitrogens with zero attached hydrogens (tertiary/aromatic N) is 4. The lowest BCUT2D eigenvalue weighted by Gasteiger charge is -2.41. The van der Waals surface area contributed by atoms with E-state index in [4.69, 9.17) is 4.42 Å². The first-order valence-corrected chi connectivity index (χ1v) is 15.2. The Hall–Kier alpha value is -4.65. The zero-order valence-electron chi connectivity index (χ0n) is 25.3. The average molecular weight is 638 g/mol. The molecule has 4 aromatic rings. The van der Waals surface area contributed by atoms with E-state index in [-0.39, 0.29) is 29.1 Å². The number of piperidine rings is 1. The zero-order valence-corrected chi connectivity index (χ0v) is 25.3. The minimum absolute atomic E-state index is 0.181. The molecule has 3 N–H and O–H groups in total. The summed E-state index contributed by atoms with van der Waals surface area (Å²) in [7, 11) is 0. The Balaban J connectivity index is 1.05. The van der Waals surface area contributed by atoms with Gasteiger partial charge in [-0.05, 0) is 56.0 Å². The Morgan fingerprint density at radius 1 is 1.02 bits per heavy atom. The second-order valence-corrected chi connectivity index (χ2v) is 12.1. The molecule has 2 aromatic heterocycles. The number of alkyl halides is 3. The molecule has 1 amide bonds. The molecule has 2 saturated heterocycles. The van der Waals surface area contributed by atoms with Crippen molar-refractivity contribution in [3.8, 4) is 0 Å². The number of aromatic nitrogens is 2. The van der Waals surface area contributed by atoms with Crippen molar-refractivity contribution in [1.29, 1.82) is 0 Å². The second kappa shape index (κ2) is 13.0. The van der Waals surface area contributed by atoms with Gasteiger partial charge in [0.05, 0.1) is 17.6 Å². The summed E-state index contributed by atoms with van der Waals surface area (Å²) in [5.41, 5.74) is 0.129. The van der Waals surface area contributed by atoms with Crippen LogP contribution in [0.4, 0.5) is 40.8 Å². The van der Waals surface area contributed by atoms with Crippen LogP contribution in [0.25, 0.3) is 0 Å². The quantitative estimate of drug-likeness (QED) is 0.176. The Morgan fingerprint density at radius 3 is 2.46 bits per heavy atom. The summed E-state index contributed by atoms with van der Waals surface area (Å²) in [6.45, 7) is 5.45. The van der Waals surface area contributed by atoms with Crippen LogP contribution in [0.15, 0.2) is 77.3 Å². The van der Waals surface area contributed by atoms with E-state index in [0.29, 0.717) is 37.6 Å². The molecule has 4 heterocycles. The van der Waals surface area contributed by atoms with E-state index in [9.17, 15) is 22.4 Å². The van der Waals surface area contributed by atoms with Crippen molar-refractivity contribution in [3.63, 3.8) is 0 Å². The molecule has 242 valence electrons. The highest BCUT2D eigenvalue weighted by Gasteiger charge is 2.42. The summed E-state index contributed by atoms with van der Waals surface area (Å²) in [6.07, 6.45) is -1.35. The molecule has 0 saturated carbocycles. The number of amides is 1. The minimum Gasteiger partial charge on any atom is -0.418 e. The normalized spacial score (nSPS) is 18.4. The van der Waals surface area contributed by atoms with Gasteiger partial charge in [-0.1, -0.05) is 42.5 Å². The molecule has 2 aliphatic heterocycles. The van der Waals surface area contributed by atoms with Gasteiger partial charge in [0.25, 0.3) is 11.9 Å². The number of pyridine rings is 1. The molecule has 0 bridgehead atoms. The van der Waals surface area contributed by atoms with Gasteiger partial charge in [-0.2, -0.15) is 18.2 Å². The highest BCUT2D eigenvalue weighted by Crippen LogP contribution is 2.34. The lowest BCUT2D eigenvalue weighted by molar-refractivity contribution is -0.141. The van der Waals surface area contributed by atoms with Gasteiger partial charge in [-0.15, -0.1) is 0 Å². The Morgan fingerprint density at radius 2 is 1.76 bits per heavy atom. The van der Waals surface area contributed by atoms with Crippen LogP contribution in [0.1, 0.15) is 48.0 Å². The maximum Gasteiger partial charge on any atom is 0.437 e. The Bertz CT molecular complexity index is 1640. The van der Waals surface area contributed by atoms with E-state index >= 15 is 0 Å². The summed E-state index contributed by atoms with van der Waals surface area (Å²) >= 11 is 0. The van der Waals surface area contributed by atoms with Crippen LogP contribution in [-0.2, 0) is 12.7 Å². The van der Waals surface area contributed by atoms with E-state index in [2.05, 4.69) is 42.6 Å². The number of rotatable bonds is 9. The lowest BCUT2D eigenvalue weighted by atomic mass is 9.89. The van der Waals surface area contributed by atoms with E-state index in [0.717, 1.165) is 31.5 Å². The second-order valence-electron chi connectivity index (χ2n) is 12.1. The molecular weight excluding hydrogens is 602 g/mol. The fraction of sp³-hybridized carbons (Fsp3) is 0.364. The number of para-hydroxylation sites is 1. The molecule has 1 unspecified atom stereocenters. The summed E-state index contributed by atoms with van der Waals surface area (Å²) in [5, 5.41) is 8.71. The van der Waals surface area contributed by atoms with Gasteiger partial charge in [0.2, 0.25) is 5.76 Å². The highest BCUT2D eigenvalue weighted by molar-refractivity contribution is 6.03. The molecule has 0 radical (unpaired) electrons. The van der Waals surface area contributed by atoms with Gasteiger partial charge in [0.1, 0.15) is 11.6 Å². The third-order valence-electron chi connectivity index (χ3n) is 8.46. The number of benzene rings is 2. The number of anilines is 4. The van der Waals surface area contributed by atoms with Crippen molar-refractivity contribution >= 4 is 29.1 Å². The zero-order chi connectivity index (χ0) is 32.3. The van der Waals surface area contributed by atoms with Crippen molar-refractivity contribution in [2.45, 2.75) is 50.5 Å². The average Bonchev–Trinajstić information content (AvgIpc) is 3.67. The van der Waals surface area contributed by atoms with Gasteiger partial charge in [0, 0.05) is 44.3 Å². The number of oxazole rings is 1. The van der Waals surface area contributed by atoms with Gasteiger partial charge >= 0.3 is 6.18 Å². The van der Waals surface area contributed by atoms with E-state index < -0.39 is 23.5 Å². The Labute approximate surface area is 264 Å². The molecule has 2 aliphatic rings. The number of nitrogens with one attached hydrogen (secondary N) is 3. The number of halogens is 4. The monoisotopic (exact) mass is 637 g/mol. The van der Waals surface area contributed by atoms with Crippen LogP contribution in [0.3, 0.4) is 0 Å². The predicted octanol–water partition coefficient (Wildman–Crippen LogP) is 6.64. The van der Waals surface area contributed by atoms with E-state index in [1.165, 1.54) is 12.3 Å². The smallest absolute Gasteiger partial charge is 0.418 e. The molecular formula is C33H35F4N7O2. The van der Waals surface area contributed by atoms with Gasteiger partial charge in [-0.25, -0.2) is 9.37 Å². The largest absolute Gasteiger partial charge is 0.437 e. The summed E-state index contributed by atoms with van der Waals surface area (Å²) in [6, 6.07) is 19.2. The minimum atomic E-state index is -4.89. The maximum absolute atomic E-state index is 14.1. The standard InChI is InChI=1S/C33H35F4N7O2/c1-32(42-26-10-6-5-9-25(26)34)14-17-44(18-15-32)27-12-11-23(19-38-27)39-30(45)28-29(33(35,36)37)41-31(46-28)40-24-13-16-43(21-24)20-22-7-3-2-4-8-22/h2-12,19,24,42H,13-18,20-21H2,1H3,(H,39,45)(H,40,41). The predicted molar refractivity (Wildman–Crippen MR) is 167 cm³/mol. The SMILES string of the molecule is CC1(Nc2ccccc2F)CCN(c2ccc(NC(=O)c3oc(NC4CCN(Cc5ccccc5)C4)nc3C(F)(F)F)cn2)CC1. The molecule has 46 heavy (non-hydrogen) atoms. The first-order chi connectivity index (χ1) is 22.0. The van der Waals surface area contributed by atoms with Crippen LogP contribution in [0, 0.1) is 5.82 Å². The Kier molecular flexibility index (Phi) is 8.85. The number of carbonyl (C=O) groups is 1. The first-order valence-electron chi connectivity index (χ1n) is 15.2. The van der Waals surface area contributed by atoms with Crippen molar-refractivity contribution in [1.82, 2.24) is 14.9 Å². The third kappa shape index (κ3) is 7.41.